The summed E-state index contributed by atoms with van der Waals surface area (Å²) in [7, 11) is 0. The van der Waals surface area contributed by atoms with Crippen LogP contribution in [-0.2, 0) is 5.41 Å². The van der Waals surface area contributed by atoms with Crippen molar-refractivity contribution in [3.63, 3.8) is 0 Å². The third-order valence-corrected chi connectivity index (χ3v) is 6.76. The third kappa shape index (κ3) is 6.30. The van der Waals surface area contributed by atoms with Gasteiger partial charge in [0, 0.05) is 5.92 Å². The number of nitriles is 1. The zero-order valence-electron chi connectivity index (χ0n) is 20.2. The van der Waals surface area contributed by atoms with Crippen LogP contribution < -0.4 is 0 Å². The molecule has 1 heterocycles. The predicted molar refractivity (Wildman–Crippen MR) is 135 cm³/mol. The maximum absolute atomic E-state index is 13.4. The molecule has 34 heavy (non-hydrogen) atoms. The monoisotopic (exact) mass is 460 g/mol. The van der Waals surface area contributed by atoms with Crippen molar-refractivity contribution < 1.29 is 8.78 Å². The molecule has 0 atom stereocenters. The summed E-state index contributed by atoms with van der Waals surface area (Å²) in [4.78, 5) is 2.44. The van der Waals surface area contributed by atoms with E-state index in [1.165, 1.54) is 24.3 Å². The van der Waals surface area contributed by atoms with Gasteiger partial charge in [0.1, 0.15) is 11.6 Å². The Labute approximate surface area is 202 Å². The number of rotatable bonds is 7. The first kappa shape index (κ1) is 25.6. The van der Waals surface area contributed by atoms with Crippen molar-refractivity contribution in [2.45, 2.75) is 50.9 Å². The molecule has 0 aliphatic carbocycles. The van der Waals surface area contributed by atoms with Crippen LogP contribution in [0.25, 0.3) is 0 Å². The molecule has 3 aromatic rings. The number of halogens is 2. The Bertz CT molecular complexity index is 986. The minimum atomic E-state index is -0.386. The fourth-order valence-corrected chi connectivity index (χ4v) is 4.82. The molecule has 0 aromatic heterocycles. The van der Waals surface area contributed by atoms with Crippen LogP contribution in [0, 0.1) is 23.0 Å². The van der Waals surface area contributed by atoms with Crippen LogP contribution in [-0.4, -0.2) is 24.5 Å². The van der Waals surface area contributed by atoms with Gasteiger partial charge < -0.3 is 4.90 Å². The lowest BCUT2D eigenvalue weighted by Crippen LogP contribution is -2.42. The first-order valence-corrected chi connectivity index (χ1v) is 12.3. The molecule has 0 amide bonds. The fraction of sp³-hybridized carbons (Fsp3) is 0.367. The Hall–Kier alpha value is -3.03. The summed E-state index contributed by atoms with van der Waals surface area (Å²) in [6.07, 6.45) is 3.56. The molecule has 0 radical (unpaired) electrons. The molecule has 3 aromatic carbocycles. The third-order valence-electron chi connectivity index (χ3n) is 6.76. The van der Waals surface area contributed by atoms with Crippen LogP contribution in [0.15, 0.2) is 78.9 Å². The van der Waals surface area contributed by atoms with E-state index in [9.17, 15) is 14.0 Å². The molecule has 1 fully saturated rings. The average Bonchev–Trinajstić information content (AvgIpc) is 2.90. The van der Waals surface area contributed by atoms with Crippen LogP contribution >= 0.6 is 0 Å². The Morgan fingerprint density at radius 1 is 0.824 bits per heavy atom. The lowest BCUT2D eigenvalue weighted by molar-refractivity contribution is 0.183. The van der Waals surface area contributed by atoms with E-state index in [4.69, 9.17) is 0 Å². The van der Waals surface area contributed by atoms with Crippen molar-refractivity contribution in [3.05, 3.63) is 107 Å². The van der Waals surface area contributed by atoms with E-state index in [1.807, 2.05) is 56.3 Å². The molecule has 4 rings (SSSR count). The lowest BCUT2D eigenvalue weighted by atomic mass is 9.74. The predicted octanol–water partition coefficient (Wildman–Crippen LogP) is 7.46. The van der Waals surface area contributed by atoms with Gasteiger partial charge in [0.05, 0.1) is 11.5 Å². The van der Waals surface area contributed by atoms with Crippen molar-refractivity contribution in [1.29, 1.82) is 5.26 Å². The zero-order chi connectivity index (χ0) is 24.4. The summed E-state index contributed by atoms with van der Waals surface area (Å²) < 4.78 is 26.9. The van der Waals surface area contributed by atoms with Gasteiger partial charge in [0.2, 0.25) is 0 Å². The largest absolute Gasteiger partial charge is 0.303 e. The van der Waals surface area contributed by atoms with E-state index in [0.29, 0.717) is 0 Å². The Morgan fingerprint density at radius 2 is 1.32 bits per heavy atom. The smallest absolute Gasteiger partial charge is 0.123 e. The van der Waals surface area contributed by atoms with Crippen LogP contribution in [0.3, 0.4) is 0 Å². The molecule has 1 saturated heterocycles. The minimum absolute atomic E-state index is 0.100. The highest BCUT2D eigenvalue weighted by atomic mass is 19.1. The summed E-state index contributed by atoms with van der Waals surface area (Å²) in [5, 5.41) is 9.90. The van der Waals surface area contributed by atoms with Crippen molar-refractivity contribution in [2.75, 3.05) is 19.6 Å². The summed E-state index contributed by atoms with van der Waals surface area (Å²) in [6, 6.07) is 26.0. The molecule has 0 bridgehead atoms. The number of nitrogens with zero attached hydrogens (tertiary/aromatic N) is 2. The van der Waals surface area contributed by atoms with Gasteiger partial charge in [0.15, 0.2) is 0 Å². The van der Waals surface area contributed by atoms with E-state index in [1.54, 1.807) is 0 Å². The van der Waals surface area contributed by atoms with Gasteiger partial charge in [-0.15, -0.1) is 0 Å². The number of benzene rings is 3. The second kappa shape index (κ2) is 12.4. The SMILES string of the molecule is CC.N#CC1(c2ccccc2)CCN(CCCC(c2ccc(F)cc2)c2ccc(F)cc2)CC1. The van der Waals surface area contributed by atoms with Crippen LogP contribution in [0.2, 0.25) is 0 Å². The highest BCUT2D eigenvalue weighted by Crippen LogP contribution is 2.35. The zero-order valence-corrected chi connectivity index (χ0v) is 20.2. The summed E-state index contributed by atoms with van der Waals surface area (Å²) in [5.74, 6) is -0.401. The van der Waals surface area contributed by atoms with Crippen molar-refractivity contribution in [1.82, 2.24) is 4.90 Å². The molecule has 178 valence electrons. The first-order valence-electron chi connectivity index (χ1n) is 12.3. The minimum Gasteiger partial charge on any atom is -0.303 e. The second-order valence-electron chi connectivity index (χ2n) is 8.70. The molecule has 0 unspecified atom stereocenters. The normalized spacial score (nSPS) is 15.3. The highest BCUT2D eigenvalue weighted by molar-refractivity contribution is 5.34. The molecule has 0 N–H and O–H groups in total. The van der Waals surface area contributed by atoms with E-state index >= 15 is 0 Å². The second-order valence-corrected chi connectivity index (χ2v) is 8.70. The summed E-state index contributed by atoms with van der Waals surface area (Å²) >= 11 is 0. The van der Waals surface area contributed by atoms with Gasteiger partial charge in [-0.25, -0.2) is 8.78 Å². The van der Waals surface area contributed by atoms with Gasteiger partial charge in [-0.05, 0) is 86.3 Å². The number of piperidine rings is 1. The van der Waals surface area contributed by atoms with Crippen LogP contribution in [0.4, 0.5) is 8.78 Å². The van der Waals surface area contributed by atoms with Gasteiger partial charge in [-0.3, -0.25) is 0 Å². The number of hydrogen-bond acceptors (Lipinski definition) is 2. The van der Waals surface area contributed by atoms with Crippen molar-refractivity contribution >= 4 is 0 Å². The molecule has 2 nitrogen and oxygen atoms in total. The lowest BCUT2D eigenvalue weighted by Gasteiger charge is -2.37. The number of hydrogen-bond donors (Lipinski definition) is 0. The number of likely N-dealkylation sites (tertiary alicyclic amines) is 1. The maximum atomic E-state index is 13.4. The van der Waals surface area contributed by atoms with Crippen molar-refractivity contribution in [2.24, 2.45) is 0 Å². The molecule has 1 aliphatic heterocycles. The Kier molecular flexibility index (Phi) is 9.36. The van der Waals surface area contributed by atoms with Gasteiger partial charge in [-0.1, -0.05) is 68.4 Å². The highest BCUT2D eigenvalue weighted by Gasteiger charge is 2.36. The van der Waals surface area contributed by atoms with Gasteiger partial charge in [-0.2, -0.15) is 5.26 Å². The Balaban J connectivity index is 0.00000158. The maximum Gasteiger partial charge on any atom is 0.123 e. The average molecular weight is 461 g/mol. The van der Waals surface area contributed by atoms with Gasteiger partial charge in [0.25, 0.3) is 0 Å². The Morgan fingerprint density at radius 3 is 1.79 bits per heavy atom. The first-order chi connectivity index (χ1) is 16.6. The standard InChI is InChI=1S/C28H28F2N2.C2H6/c29-25-12-8-22(9-13-25)27(23-10-14-26(30)15-11-23)7-4-18-32-19-16-28(21-31,17-20-32)24-5-2-1-3-6-24;1-2/h1-3,5-6,8-15,27H,4,7,16-20H2;1-2H3. The van der Waals surface area contributed by atoms with Crippen molar-refractivity contribution in [3.8, 4) is 6.07 Å². The molecule has 1 aliphatic rings. The van der Waals surface area contributed by atoms with E-state index in [0.717, 1.165) is 62.0 Å². The van der Waals surface area contributed by atoms with Gasteiger partial charge >= 0.3 is 0 Å². The molecule has 4 heteroatoms. The summed E-state index contributed by atoms with van der Waals surface area (Å²) in [6.45, 7) is 6.76. The fourth-order valence-electron chi connectivity index (χ4n) is 4.82. The van der Waals surface area contributed by atoms with E-state index in [-0.39, 0.29) is 23.0 Å². The topological polar surface area (TPSA) is 27.0 Å². The molecular weight excluding hydrogens is 426 g/mol. The summed E-state index contributed by atoms with van der Waals surface area (Å²) in [5.41, 5.74) is 2.82. The quantitative estimate of drug-likeness (QED) is 0.366. The van der Waals surface area contributed by atoms with Crippen LogP contribution in [0.1, 0.15) is 62.1 Å². The van der Waals surface area contributed by atoms with E-state index < -0.39 is 0 Å². The molecule has 0 spiro atoms. The van der Waals surface area contributed by atoms with Crippen LogP contribution in [0.5, 0.6) is 0 Å². The molecular formula is C30H34F2N2. The van der Waals surface area contributed by atoms with E-state index in [2.05, 4.69) is 23.1 Å². The molecule has 0 saturated carbocycles.